The predicted molar refractivity (Wildman–Crippen MR) is 41.3 cm³/mol. The zero-order valence-electron chi connectivity index (χ0n) is 6.95. The van der Waals surface area contributed by atoms with Crippen molar-refractivity contribution >= 4 is 12.0 Å². The summed E-state index contributed by atoms with van der Waals surface area (Å²) in [7, 11) is 0. The first-order chi connectivity index (χ1) is 5.59. The van der Waals surface area contributed by atoms with Crippen molar-refractivity contribution < 1.29 is 14.3 Å². The van der Waals surface area contributed by atoms with E-state index in [2.05, 4.69) is 0 Å². The Bertz CT molecular complexity index is 205. The zero-order valence-corrected chi connectivity index (χ0v) is 6.95. The van der Waals surface area contributed by atoms with E-state index >= 15 is 0 Å². The summed E-state index contributed by atoms with van der Waals surface area (Å²) in [5.41, 5.74) is 4.83. The molecule has 0 spiro atoms. The lowest BCUT2D eigenvalue weighted by Gasteiger charge is -2.13. The summed E-state index contributed by atoms with van der Waals surface area (Å²) in [5, 5.41) is 0. The number of carbonyl (C=O) groups is 2. The summed E-state index contributed by atoms with van der Waals surface area (Å²) in [5.74, 6) is 0.00516. The van der Waals surface area contributed by atoms with E-state index in [0.29, 0.717) is 19.5 Å². The van der Waals surface area contributed by atoms with Gasteiger partial charge in [0.15, 0.2) is 0 Å². The first kappa shape index (κ1) is 8.83. The van der Waals surface area contributed by atoms with Crippen LogP contribution in [0.25, 0.3) is 0 Å². The van der Waals surface area contributed by atoms with Crippen LogP contribution < -0.4 is 5.73 Å². The van der Waals surface area contributed by atoms with Crippen LogP contribution in [0.5, 0.6) is 0 Å². The highest BCUT2D eigenvalue weighted by molar-refractivity contribution is 5.73. The zero-order chi connectivity index (χ0) is 9.14. The molecule has 1 fully saturated rings. The van der Waals surface area contributed by atoms with Crippen LogP contribution in [0.3, 0.4) is 0 Å². The lowest BCUT2D eigenvalue weighted by atomic mass is 10.3. The van der Waals surface area contributed by atoms with Crippen LogP contribution in [0.2, 0.25) is 0 Å². The lowest BCUT2D eigenvalue weighted by Crippen LogP contribution is -2.29. The van der Waals surface area contributed by atoms with Gasteiger partial charge in [0, 0.05) is 19.9 Å². The maximum Gasteiger partial charge on any atom is 0.404 e. The second-order valence-corrected chi connectivity index (χ2v) is 2.81. The van der Waals surface area contributed by atoms with Gasteiger partial charge in [-0.05, 0) is 0 Å². The van der Waals surface area contributed by atoms with E-state index in [-0.39, 0.29) is 12.0 Å². The molecule has 0 aromatic rings. The summed E-state index contributed by atoms with van der Waals surface area (Å²) in [6.45, 7) is 2.61. The number of amides is 2. The molecule has 2 N–H and O–H groups in total. The molecule has 1 aliphatic heterocycles. The normalized spacial score (nSPS) is 22.4. The molecule has 5 heteroatoms. The Kier molecular flexibility index (Phi) is 2.52. The Balaban J connectivity index is 2.35. The van der Waals surface area contributed by atoms with E-state index in [1.807, 2.05) is 0 Å². The minimum Gasteiger partial charge on any atom is -0.444 e. The number of hydrogen-bond donors (Lipinski definition) is 1. The summed E-state index contributed by atoms with van der Waals surface area (Å²) >= 11 is 0. The number of nitrogens with zero attached hydrogens (tertiary/aromatic N) is 1. The van der Waals surface area contributed by atoms with Crippen LogP contribution in [-0.2, 0) is 9.53 Å². The number of primary amides is 1. The molecule has 68 valence electrons. The van der Waals surface area contributed by atoms with Crippen LogP contribution in [0.4, 0.5) is 4.79 Å². The second kappa shape index (κ2) is 3.42. The molecule has 0 unspecified atom stereocenters. The fourth-order valence-corrected chi connectivity index (χ4v) is 1.27. The van der Waals surface area contributed by atoms with Crippen LogP contribution in [0.15, 0.2) is 0 Å². The molecule has 0 aromatic carbocycles. The molecule has 0 aliphatic carbocycles. The van der Waals surface area contributed by atoms with Gasteiger partial charge in [0.05, 0.1) is 6.54 Å². The number of nitrogens with two attached hydrogens (primary N) is 1. The third kappa shape index (κ3) is 2.11. The van der Waals surface area contributed by atoms with Crippen molar-refractivity contribution in [3.63, 3.8) is 0 Å². The van der Waals surface area contributed by atoms with Gasteiger partial charge in [0.1, 0.15) is 6.10 Å². The van der Waals surface area contributed by atoms with Crippen LogP contribution in [-0.4, -0.2) is 36.1 Å². The largest absolute Gasteiger partial charge is 0.444 e. The SMILES string of the molecule is CC(=O)N1CC[C@H](OC(N)=O)C1. The summed E-state index contributed by atoms with van der Waals surface area (Å²) in [6, 6.07) is 0. The molecular formula is C7H12N2O3. The number of ether oxygens (including phenoxy) is 1. The molecule has 1 atom stereocenters. The molecule has 12 heavy (non-hydrogen) atoms. The van der Waals surface area contributed by atoms with Crippen molar-refractivity contribution in [2.45, 2.75) is 19.4 Å². The molecule has 0 saturated carbocycles. The fraction of sp³-hybridized carbons (Fsp3) is 0.714. The second-order valence-electron chi connectivity index (χ2n) is 2.81. The quantitative estimate of drug-likeness (QED) is 0.590. The van der Waals surface area contributed by atoms with Gasteiger partial charge in [0.2, 0.25) is 5.91 Å². The van der Waals surface area contributed by atoms with Crippen LogP contribution >= 0.6 is 0 Å². The van der Waals surface area contributed by atoms with Gasteiger partial charge >= 0.3 is 6.09 Å². The highest BCUT2D eigenvalue weighted by Gasteiger charge is 2.26. The van der Waals surface area contributed by atoms with Crippen LogP contribution in [0, 0.1) is 0 Å². The summed E-state index contributed by atoms with van der Waals surface area (Å²) in [4.78, 5) is 22.8. The van der Waals surface area contributed by atoms with Crippen molar-refractivity contribution in [3.8, 4) is 0 Å². The molecule has 0 aromatic heterocycles. The van der Waals surface area contributed by atoms with Gasteiger partial charge < -0.3 is 15.4 Å². The van der Waals surface area contributed by atoms with E-state index in [0.717, 1.165) is 0 Å². The Hall–Kier alpha value is -1.26. The minimum atomic E-state index is -0.773. The van der Waals surface area contributed by atoms with Crippen molar-refractivity contribution in [3.05, 3.63) is 0 Å². The maximum absolute atomic E-state index is 10.8. The lowest BCUT2D eigenvalue weighted by molar-refractivity contribution is -0.128. The van der Waals surface area contributed by atoms with Gasteiger partial charge in [-0.2, -0.15) is 0 Å². The standard InChI is InChI=1S/C7H12N2O3/c1-5(10)9-3-2-6(4-9)12-7(8)11/h6H,2-4H2,1H3,(H2,8,11)/t6-/m0/s1. The Morgan fingerprint density at radius 2 is 2.25 bits per heavy atom. The highest BCUT2D eigenvalue weighted by atomic mass is 16.6. The van der Waals surface area contributed by atoms with Crippen molar-refractivity contribution in [2.75, 3.05) is 13.1 Å². The number of rotatable bonds is 1. The third-order valence-electron chi connectivity index (χ3n) is 1.87. The molecule has 1 saturated heterocycles. The van der Waals surface area contributed by atoms with E-state index in [1.165, 1.54) is 6.92 Å². The molecule has 0 radical (unpaired) electrons. The molecular weight excluding hydrogens is 160 g/mol. The van der Waals surface area contributed by atoms with Gasteiger partial charge in [-0.1, -0.05) is 0 Å². The summed E-state index contributed by atoms with van der Waals surface area (Å²) < 4.78 is 4.74. The molecule has 1 aliphatic rings. The average molecular weight is 172 g/mol. The Morgan fingerprint density at radius 3 is 2.67 bits per heavy atom. The fourth-order valence-electron chi connectivity index (χ4n) is 1.27. The van der Waals surface area contributed by atoms with Crippen LogP contribution in [0.1, 0.15) is 13.3 Å². The molecule has 2 amide bonds. The van der Waals surface area contributed by atoms with E-state index < -0.39 is 6.09 Å². The van der Waals surface area contributed by atoms with Gasteiger partial charge in [-0.15, -0.1) is 0 Å². The monoisotopic (exact) mass is 172 g/mol. The first-order valence-corrected chi connectivity index (χ1v) is 3.81. The number of carbonyl (C=O) groups excluding carboxylic acids is 2. The van der Waals surface area contributed by atoms with E-state index in [9.17, 15) is 9.59 Å². The molecule has 1 heterocycles. The number of likely N-dealkylation sites (tertiary alicyclic amines) is 1. The van der Waals surface area contributed by atoms with E-state index in [4.69, 9.17) is 10.5 Å². The molecule has 0 bridgehead atoms. The topological polar surface area (TPSA) is 72.6 Å². The maximum atomic E-state index is 10.8. The van der Waals surface area contributed by atoms with E-state index in [1.54, 1.807) is 4.90 Å². The highest BCUT2D eigenvalue weighted by Crippen LogP contribution is 2.12. The van der Waals surface area contributed by atoms with Gasteiger partial charge in [0.25, 0.3) is 0 Å². The van der Waals surface area contributed by atoms with Gasteiger partial charge in [-0.25, -0.2) is 4.79 Å². The Morgan fingerprint density at radius 1 is 1.58 bits per heavy atom. The Labute approximate surface area is 70.5 Å². The summed E-state index contributed by atoms with van der Waals surface area (Å²) in [6.07, 6.45) is -0.306. The first-order valence-electron chi connectivity index (χ1n) is 3.81. The predicted octanol–water partition coefficient (Wildman–Crippen LogP) is -0.297. The molecule has 5 nitrogen and oxygen atoms in total. The molecule has 1 rings (SSSR count). The van der Waals surface area contributed by atoms with Crippen molar-refractivity contribution in [1.29, 1.82) is 0 Å². The smallest absolute Gasteiger partial charge is 0.404 e. The average Bonchev–Trinajstić information content (AvgIpc) is 2.34. The number of hydrogen-bond acceptors (Lipinski definition) is 3. The third-order valence-corrected chi connectivity index (χ3v) is 1.87. The van der Waals surface area contributed by atoms with Crippen molar-refractivity contribution in [1.82, 2.24) is 4.90 Å². The minimum absolute atomic E-state index is 0.00516. The van der Waals surface area contributed by atoms with Gasteiger partial charge in [-0.3, -0.25) is 4.79 Å². The van der Waals surface area contributed by atoms with Crippen molar-refractivity contribution in [2.24, 2.45) is 5.73 Å².